The highest BCUT2D eigenvalue weighted by atomic mass is 16.2. The molecule has 1 aromatic rings. The quantitative estimate of drug-likeness (QED) is 0.794. The maximum absolute atomic E-state index is 12.4. The number of aromatic nitrogens is 2. The SMILES string of the molecule is CCn1ccnc1CN1CCC[C@@]2(CCC(=O)N(CCC(C)C)C2)C1. The van der Waals surface area contributed by atoms with E-state index in [4.69, 9.17) is 0 Å². The van der Waals surface area contributed by atoms with Crippen molar-refractivity contribution in [2.24, 2.45) is 11.3 Å². The molecule has 5 heteroatoms. The van der Waals surface area contributed by atoms with E-state index in [-0.39, 0.29) is 0 Å². The third-order valence-corrected chi connectivity index (χ3v) is 5.97. The molecule has 0 aliphatic carbocycles. The molecule has 0 unspecified atom stereocenters. The predicted molar refractivity (Wildman–Crippen MR) is 100 cm³/mol. The number of hydrogen-bond acceptors (Lipinski definition) is 3. The number of piperidine rings is 2. The van der Waals surface area contributed by atoms with Crippen molar-refractivity contribution in [1.29, 1.82) is 0 Å². The van der Waals surface area contributed by atoms with Crippen LogP contribution in [0.3, 0.4) is 0 Å². The Balaban J connectivity index is 1.63. The van der Waals surface area contributed by atoms with E-state index in [1.165, 1.54) is 18.7 Å². The van der Waals surface area contributed by atoms with E-state index in [0.29, 0.717) is 17.2 Å². The van der Waals surface area contributed by atoms with Gasteiger partial charge in [0.25, 0.3) is 0 Å². The van der Waals surface area contributed by atoms with Crippen molar-refractivity contribution in [3.63, 3.8) is 0 Å². The maximum Gasteiger partial charge on any atom is 0.222 e. The van der Waals surface area contributed by atoms with Gasteiger partial charge in [-0.3, -0.25) is 9.69 Å². The van der Waals surface area contributed by atoms with Crippen LogP contribution in [-0.2, 0) is 17.9 Å². The minimum absolute atomic E-state index is 0.298. The largest absolute Gasteiger partial charge is 0.342 e. The van der Waals surface area contributed by atoms with Crippen LogP contribution in [0.25, 0.3) is 0 Å². The molecule has 0 aromatic carbocycles. The first-order valence-corrected chi connectivity index (χ1v) is 10.0. The number of carbonyl (C=O) groups is 1. The Kier molecular flexibility index (Phi) is 5.82. The first-order chi connectivity index (χ1) is 12.0. The van der Waals surface area contributed by atoms with Crippen molar-refractivity contribution in [3.05, 3.63) is 18.2 Å². The van der Waals surface area contributed by atoms with Crippen molar-refractivity contribution in [2.75, 3.05) is 26.2 Å². The zero-order chi connectivity index (χ0) is 17.9. The molecule has 3 rings (SSSR count). The second-order valence-electron chi connectivity index (χ2n) is 8.44. The number of imidazole rings is 1. The number of rotatable bonds is 6. The molecule has 1 atom stereocenters. The highest BCUT2D eigenvalue weighted by Gasteiger charge is 2.41. The van der Waals surface area contributed by atoms with E-state index in [2.05, 4.69) is 46.3 Å². The van der Waals surface area contributed by atoms with Crippen molar-refractivity contribution in [3.8, 4) is 0 Å². The lowest BCUT2D eigenvalue weighted by Gasteiger charge is -2.48. The van der Waals surface area contributed by atoms with Gasteiger partial charge < -0.3 is 9.47 Å². The smallest absolute Gasteiger partial charge is 0.222 e. The lowest BCUT2D eigenvalue weighted by Crippen LogP contribution is -2.54. The number of hydrogen-bond donors (Lipinski definition) is 0. The molecule has 3 heterocycles. The molecule has 2 saturated heterocycles. The third-order valence-electron chi connectivity index (χ3n) is 5.97. The van der Waals surface area contributed by atoms with Crippen LogP contribution in [0.15, 0.2) is 12.4 Å². The van der Waals surface area contributed by atoms with Gasteiger partial charge in [0.2, 0.25) is 5.91 Å². The molecule has 2 aliphatic heterocycles. The second kappa shape index (κ2) is 7.90. The van der Waals surface area contributed by atoms with Gasteiger partial charge in [0.1, 0.15) is 5.82 Å². The number of likely N-dealkylation sites (tertiary alicyclic amines) is 2. The summed E-state index contributed by atoms with van der Waals surface area (Å²) in [6, 6.07) is 0. The van der Waals surface area contributed by atoms with E-state index >= 15 is 0 Å². The summed E-state index contributed by atoms with van der Waals surface area (Å²) in [6.45, 7) is 12.7. The summed E-state index contributed by atoms with van der Waals surface area (Å²) in [5, 5.41) is 0. The Morgan fingerprint density at radius 2 is 2.12 bits per heavy atom. The van der Waals surface area contributed by atoms with Gasteiger partial charge >= 0.3 is 0 Å². The van der Waals surface area contributed by atoms with Gasteiger partial charge in [-0.1, -0.05) is 13.8 Å². The number of aryl methyl sites for hydroxylation is 1. The highest BCUT2D eigenvalue weighted by molar-refractivity contribution is 5.77. The van der Waals surface area contributed by atoms with Crippen LogP contribution < -0.4 is 0 Å². The van der Waals surface area contributed by atoms with Gasteiger partial charge in [0.05, 0.1) is 6.54 Å². The van der Waals surface area contributed by atoms with Crippen molar-refractivity contribution < 1.29 is 4.79 Å². The Morgan fingerprint density at radius 1 is 1.28 bits per heavy atom. The second-order valence-corrected chi connectivity index (χ2v) is 8.44. The molecule has 1 aromatic heterocycles. The average molecular weight is 347 g/mol. The summed E-state index contributed by atoms with van der Waals surface area (Å²) >= 11 is 0. The number of carbonyl (C=O) groups excluding carboxylic acids is 1. The molecule has 0 N–H and O–H groups in total. The van der Waals surface area contributed by atoms with Crippen LogP contribution in [0.5, 0.6) is 0 Å². The zero-order valence-corrected chi connectivity index (χ0v) is 16.2. The van der Waals surface area contributed by atoms with Crippen LogP contribution in [-0.4, -0.2) is 51.4 Å². The van der Waals surface area contributed by atoms with Gasteiger partial charge in [0.15, 0.2) is 0 Å². The molecular formula is C20H34N4O. The van der Waals surface area contributed by atoms with Gasteiger partial charge in [-0.2, -0.15) is 0 Å². The summed E-state index contributed by atoms with van der Waals surface area (Å²) in [6.07, 6.45) is 9.38. The first kappa shape index (κ1) is 18.4. The number of nitrogens with zero attached hydrogens (tertiary/aromatic N) is 4. The molecule has 0 radical (unpaired) electrons. The van der Waals surface area contributed by atoms with E-state index in [1.54, 1.807) is 0 Å². The van der Waals surface area contributed by atoms with Gasteiger partial charge in [-0.25, -0.2) is 4.98 Å². The molecule has 140 valence electrons. The number of amides is 1. The fourth-order valence-electron chi connectivity index (χ4n) is 4.48. The van der Waals surface area contributed by atoms with E-state index < -0.39 is 0 Å². The molecule has 0 saturated carbocycles. The summed E-state index contributed by atoms with van der Waals surface area (Å²) in [7, 11) is 0. The molecule has 2 fully saturated rings. The van der Waals surface area contributed by atoms with E-state index in [0.717, 1.165) is 58.5 Å². The molecule has 5 nitrogen and oxygen atoms in total. The Morgan fingerprint density at radius 3 is 2.88 bits per heavy atom. The molecule has 25 heavy (non-hydrogen) atoms. The van der Waals surface area contributed by atoms with Crippen LogP contribution in [0.1, 0.15) is 58.7 Å². The van der Waals surface area contributed by atoms with Crippen molar-refractivity contribution >= 4 is 5.91 Å². The summed E-state index contributed by atoms with van der Waals surface area (Å²) in [4.78, 5) is 21.6. The molecule has 1 spiro atoms. The van der Waals surface area contributed by atoms with Crippen molar-refractivity contribution in [1.82, 2.24) is 19.4 Å². The van der Waals surface area contributed by atoms with Crippen LogP contribution in [0.4, 0.5) is 0 Å². The van der Waals surface area contributed by atoms with Crippen LogP contribution >= 0.6 is 0 Å². The topological polar surface area (TPSA) is 41.4 Å². The van der Waals surface area contributed by atoms with E-state index in [1.807, 2.05) is 6.20 Å². The third kappa shape index (κ3) is 4.43. The minimum atomic E-state index is 0.298. The highest BCUT2D eigenvalue weighted by Crippen LogP contribution is 2.39. The van der Waals surface area contributed by atoms with Gasteiger partial charge in [-0.15, -0.1) is 0 Å². The minimum Gasteiger partial charge on any atom is -0.342 e. The van der Waals surface area contributed by atoms with Gasteiger partial charge in [-0.05, 0) is 45.1 Å². The van der Waals surface area contributed by atoms with Gasteiger partial charge in [0, 0.05) is 50.4 Å². The maximum atomic E-state index is 12.4. The lowest BCUT2D eigenvalue weighted by atomic mass is 9.73. The Hall–Kier alpha value is -1.36. The predicted octanol–water partition coefficient (Wildman–Crippen LogP) is 3.15. The summed E-state index contributed by atoms with van der Waals surface area (Å²) in [5.74, 6) is 2.19. The Bertz CT molecular complexity index is 582. The molecule has 1 amide bonds. The molecule has 2 aliphatic rings. The zero-order valence-electron chi connectivity index (χ0n) is 16.2. The average Bonchev–Trinajstić information content (AvgIpc) is 3.03. The lowest BCUT2D eigenvalue weighted by molar-refractivity contribution is -0.139. The van der Waals surface area contributed by atoms with E-state index in [9.17, 15) is 4.79 Å². The standard InChI is InChI=1S/C20H34N4O/c1-4-23-13-10-21-18(23)14-22-11-5-8-20(15-22)9-6-19(25)24(16-20)12-7-17(2)3/h10,13,17H,4-9,11-12,14-16H2,1-3H3/t20-/m1/s1. The summed E-state index contributed by atoms with van der Waals surface area (Å²) in [5.41, 5.74) is 0.298. The van der Waals surface area contributed by atoms with Crippen molar-refractivity contribution in [2.45, 2.75) is 66.0 Å². The van der Waals surface area contributed by atoms with Crippen LogP contribution in [0.2, 0.25) is 0 Å². The fraction of sp³-hybridized carbons (Fsp3) is 0.800. The Labute approximate surface area is 152 Å². The normalized spacial score (nSPS) is 25.3. The van der Waals surface area contributed by atoms with Crippen LogP contribution in [0, 0.1) is 11.3 Å². The molecule has 0 bridgehead atoms. The fourth-order valence-corrected chi connectivity index (χ4v) is 4.48. The molecular weight excluding hydrogens is 312 g/mol. The summed E-state index contributed by atoms with van der Waals surface area (Å²) < 4.78 is 2.24. The first-order valence-electron chi connectivity index (χ1n) is 10.0. The monoisotopic (exact) mass is 346 g/mol.